The Labute approximate surface area is 174 Å². The summed E-state index contributed by atoms with van der Waals surface area (Å²) < 4.78 is 6.66. The minimum absolute atomic E-state index is 0.122. The summed E-state index contributed by atoms with van der Waals surface area (Å²) in [4.78, 5) is 0. The molecule has 2 aromatic rings. The molecule has 1 saturated heterocycles. The van der Waals surface area contributed by atoms with Gasteiger partial charge in [0.05, 0.1) is 11.6 Å². The van der Waals surface area contributed by atoms with Crippen molar-refractivity contribution in [1.82, 2.24) is 5.32 Å². The molecule has 4 unspecified atom stereocenters. The van der Waals surface area contributed by atoms with Crippen LogP contribution < -0.4 is 10.1 Å². The van der Waals surface area contributed by atoms with Gasteiger partial charge in [0.1, 0.15) is 11.9 Å². The lowest BCUT2D eigenvalue weighted by atomic mass is 9.88. The normalized spacial score (nSPS) is 30.0. The van der Waals surface area contributed by atoms with E-state index in [0.29, 0.717) is 5.92 Å². The second-order valence-corrected chi connectivity index (χ2v) is 9.50. The van der Waals surface area contributed by atoms with E-state index in [1.807, 2.05) is 26.0 Å². The Morgan fingerprint density at radius 1 is 1.07 bits per heavy atom. The number of ether oxygens (including phenoxy) is 1. The average Bonchev–Trinajstić information content (AvgIpc) is 3.36. The first-order valence-corrected chi connectivity index (χ1v) is 11.1. The van der Waals surface area contributed by atoms with Gasteiger partial charge >= 0.3 is 0 Å². The van der Waals surface area contributed by atoms with Crippen molar-refractivity contribution in [3.05, 3.63) is 64.2 Å². The van der Waals surface area contributed by atoms with Crippen LogP contribution in [0.3, 0.4) is 0 Å². The summed E-state index contributed by atoms with van der Waals surface area (Å²) in [6.45, 7) is 6.44. The molecule has 1 N–H and O–H groups in total. The van der Waals surface area contributed by atoms with Gasteiger partial charge < -0.3 is 10.1 Å². The molecule has 0 spiro atoms. The van der Waals surface area contributed by atoms with Crippen molar-refractivity contribution < 1.29 is 4.74 Å². The number of aryl methyl sites for hydroxylation is 2. The first kappa shape index (κ1) is 18.7. The lowest BCUT2D eigenvalue weighted by Crippen LogP contribution is -2.19. The van der Waals surface area contributed by atoms with Gasteiger partial charge in [-0.3, -0.25) is 0 Å². The van der Waals surface area contributed by atoms with E-state index in [1.54, 1.807) is 0 Å². The zero-order valence-corrected chi connectivity index (χ0v) is 17.4. The molecule has 2 aromatic carbocycles. The van der Waals surface area contributed by atoms with Crippen LogP contribution in [-0.2, 0) is 6.42 Å². The summed E-state index contributed by atoms with van der Waals surface area (Å²) >= 11 is 0. The standard InChI is InChI=1S/C26H30N2O/c1-16-7-23(8-17(2)25(16)13-27)29-26-20(12-19-5-3-4-6-24(19)26)9-18-10-21-14-28-15-22(21)11-18/h3-8,18,20-22,26,28H,9-12,14-15H2,1-2H3. The van der Waals surface area contributed by atoms with Crippen molar-refractivity contribution in [1.29, 1.82) is 5.26 Å². The number of hydrogen-bond donors (Lipinski definition) is 1. The second-order valence-electron chi connectivity index (χ2n) is 9.50. The van der Waals surface area contributed by atoms with Crippen LogP contribution in [0.1, 0.15) is 53.2 Å². The summed E-state index contributed by atoms with van der Waals surface area (Å²) in [5.74, 6) is 4.07. The van der Waals surface area contributed by atoms with Gasteiger partial charge in [-0.1, -0.05) is 24.3 Å². The molecule has 0 radical (unpaired) electrons. The van der Waals surface area contributed by atoms with Crippen LogP contribution in [0, 0.1) is 48.9 Å². The summed E-state index contributed by atoms with van der Waals surface area (Å²) in [5, 5.41) is 12.9. The van der Waals surface area contributed by atoms with Gasteiger partial charge in [0.15, 0.2) is 0 Å². The zero-order valence-electron chi connectivity index (χ0n) is 17.4. The van der Waals surface area contributed by atoms with Crippen LogP contribution in [-0.4, -0.2) is 13.1 Å². The quantitative estimate of drug-likeness (QED) is 0.795. The average molecular weight is 387 g/mol. The largest absolute Gasteiger partial charge is 0.485 e. The van der Waals surface area contributed by atoms with Crippen LogP contribution in [0.5, 0.6) is 5.75 Å². The molecule has 0 amide bonds. The number of benzene rings is 2. The number of hydrogen-bond acceptors (Lipinski definition) is 3. The monoisotopic (exact) mass is 386 g/mol. The summed E-state index contributed by atoms with van der Waals surface area (Å²) in [6.07, 6.45) is 5.27. The van der Waals surface area contributed by atoms with Crippen molar-refractivity contribution >= 4 is 0 Å². The van der Waals surface area contributed by atoms with Crippen LogP contribution in [0.2, 0.25) is 0 Å². The lowest BCUT2D eigenvalue weighted by molar-refractivity contribution is 0.130. The summed E-state index contributed by atoms with van der Waals surface area (Å²) in [5.41, 5.74) is 5.58. The molecule has 3 nitrogen and oxygen atoms in total. The van der Waals surface area contributed by atoms with Crippen molar-refractivity contribution in [2.45, 2.75) is 45.6 Å². The van der Waals surface area contributed by atoms with Gasteiger partial charge in [0.25, 0.3) is 0 Å². The molecule has 4 atom stereocenters. The van der Waals surface area contributed by atoms with Crippen LogP contribution in [0.25, 0.3) is 0 Å². The third kappa shape index (κ3) is 3.45. The van der Waals surface area contributed by atoms with Gasteiger partial charge in [0, 0.05) is 5.92 Å². The molecule has 2 fully saturated rings. The maximum Gasteiger partial charge on any atom is 0.127 e. The molecule has 1 aliphatic heterocycles. The van der Waals surface area contributed by atoms with Crippen LogP contribution in [0.15, 0.2) is 36.4 Å². The molecule has 2 aliphatic carbocycles. The fourth-order valence-corrected chi connectivity index (χ4v) is 6.23. The van der Waals surface area contributed by atoms with E-state index in [2.05, 4.69) is 35.7 Å². The maximum absolute atomic E-state index is 9.38. The number of rotatable bonds is 4. The van der Waals surface area contributed by atoms with E-state index < -0.39 is 0 Å². The van der Waals surface area contributed by atoms with Crippen molar-refractivity contribution in [2.24, 2.45) is 23.7 Å². The summed E-state index contributed by atoms with van der Waals surface area (Å²) in [6, 6.07) is 15.2. The zero-order chi connectivity index (χ0) is 20.0. The lowest BCUT2D eigenvalue weighted by Gasteiger charge is -2.25. The highest BCUT2D eigenvalue weighted by Gasteiger charge is 2.41. The SMILES string of the molecule is Cc1cc(OC2c3ccccc3CC2CC2CC3CNCC3C2)cc(C)c1C#N. The highest BCUT2D eigenvalue weighted by atomic mass is 16.5. The molecule has 0 aromatic heterocycles. The van der Waals surface area contributed by atoms with Gasteiger partial charge in [0.2, 0.25) is 0 Å². The molecule has 3 aliphatic rings. The second kappa shape index (κ2) is 7.50. The van der Waals surface area contributed by atoms with E-state index in [9.17, 15) is 5.26 Å². The van der Waals surface area contributed by atoms with Crippen LogP contribution >= 0.6 is 0 Å². The topological polar surface area (TPSA) is 45.0 Å². The smallest absolute Gasteiger partial charge is 0.127 e. The Morgan fingerprint density at radius 3 is 2.45 bits per heavy atom. The number of nitriles is 1. The Morgan fingerprint density at radius 2 is 1.76 bits per heavy atom. The first-order chi connectivity index (χ1) is 14.1. The number of nitrogens with one attached hydrogen (secondary N) is 1. The highest BCUT2D eigenvalue weighted by Crippen LogP contribution is 2.47. The Kier molecular flexibility index (Phi) is 4.84. The van der Waals surface area contributed by atoms with E-state index in [-0.39, 0.29) is 6.10 Å². The molecule has 1 heterocycles. The number of fused-ring (bicyclic) bond motifs is 2. The molecule has 3 heteroatoms. The van der Waals surface area contributed by atoms with Gasteiger partial charge in [-0.05, 0) is 105 Å². The molecule has 0 bridgehead atoms. The van der Waals surface area contributed by atoms with Gasteiger partial charge in [-0.25, -0.2) is 0 Å². The van der Waals surface area contributed by atoms with E-state index in [4.69, 9.17) is 4.74 Å². The molecule has 5 rings (SSSR count). The van der Waals surface area contributed by atoms with E-state index in [1.165, 1.54) is 43.5 Å². The minimum Gasteiger partial charge on any atom is -0.485 e. The molecule has 29 heavy (non-hydrogen) atoms. The maximum atomic E-state index is 9.38. The Hall–Kier alpha value is -2.31. The predicted octanol–water partition coefficient (Wildman–Crippen LogP) is 5.10. The van der Waals surface area contributed by atoms with Crippen molar-refractivity contribution in [3.63, 3.8) is 0 Å². The molecular formula is C26H30N2O. The third-order valence-corrected chi connectivity index (χ3v) is 7.54. The highest BCUT2D eigenvalue weighted by molar-refractivity contribution is 5.48. The summed E-state index contributed by atoms with van der Waals surface area (Å²) in [7, 11) is 0. The number of nitrogens with zero attached hydrogens (tertiary/aromatic N) is 1. The fraction of sp³-hybridized carbons (Fsp3) is 0.500. The van der Waals surface area contributed by atoms with E-state index in [0.717, 1.165) is 46.6 Å². The van der Waals surface area contributed by atoms with Gasteiger partial charge in [-0.2, -0.15) is 5.26 Å². The molecular weight excluding hydrogens is 356 g/mol. The molecule has 150 valence electrons. The van der Waals surface area contributed by atoms with E-state index >= 15 is 0 Å². The molecule has 1 saturated carbocycles. The van der Waals surface area contributed by atoms with Crippen molar-refractivity contribution in [2.75, 3.05) is 13.1 Å². The Bertz CT molecular complexity index is 924. The van der Waals surface area contributed by atoms with Crippen LogP contribution in [0.4, 0.5) is 0 Å². The third-order valence-electron chi connectivity index (χ3n) is 7.54. The fourth-order valence-electron chi connectivity index (χ4n) is 6.23. The van der Waals surface area contributed by atoms with Gasteiger partial charge in [-0.15, -0.1) is 0 Å². The first-order valence-electron chi connectivity index (χ1n) is 11.1. The Balaban J connectivity index is 1.38. The van der Waals surface area contributed by atoms with Crippen molar-refractivity contribution in [3.8, 4) is 11.8 Å². The predicted molar refractivity (Wildman–Crippen MR) is 115 cm³/mol. The minimum atomic E-state index is 0.122.